The highest BCUT2D eigenvalue weighted by Gasteiger charge is 2.06. The summed E-state index contributed by atoms with van der Waals surface area (Å²) in [6, 6.07) is 13.8. The Bertz CT molecular complexity index is 850. The summed E-state index contributed by atoms with van der Waals surface area (Å²) in [7, 11) is 0. The molecule has 2 rings (SSSR count). The summed E-state index contributed by atoms with van der Waals surface area (Å²) >= 11 is 9.39. The van der Waals surface area contributed by atoms with Gasteiger partial charge in [-0.2, -0.15) is 5.26 Å². The second-order valence-electron chi connectivity index (χ2n) is 5.54. The summed E-state index contributed by atoms with van der Waals surface area (Å²) in [5, 5.41) is 14.3. The highest BCUT2D eigenvalue weighted by Crippen LogP contribution is 2.27. The maximum absolute atomic E-state index is 12.0. The Morgan fingerprint density at radius 3 is 2.30 bits per heavy atom. The van der Waals surface area contributed by atoms with E-state index in [1.54, 1.807) is 42.5 Å². The highest BCUT2D eigenvalue weighted by atomic mass is 79.9. The van der Waals surface area contributed by atoms with Gasteiger partial charge in [-0.1, -0.05) is 27.5 Å². The number of hydrogen-bond acceptors (Lipinski definition) is 4. The number of anilines is 2. The van der Waals surface area contributed by atoms with Crippen molar-refractivity contribution in [2.75, 3.05) is 17.2 Å². The minimum Gasteiger partial charge on any atom is -0.492 e. The molecule has 0 bridgehead atoms. The number of carbonyl (C=O) groups is 2. The molecule has 2 N–H and O–H groups in total. The number of amides is 2. The SMILES string of the molecule is N#CCC(=O)Nc1ccc(NC(=O)CCCOc2ccc(Br)cc2Cl)cc1. The van der Waals surface area contributed by atoms with Gasteiger partial charge in [0.2, 0.25) is 11.8 Å². The molecule has 140 valence electrons. The maximum atomic E-state index is 12.0. The Balaban J connectivity index is 1.72. The number of halogens is 2. The predicted octanol–water partition coefficient (Wildman–Crippen LogP) is 4.75. The molecular formula is C19H17BrClN3O3. The van der Waals surface area contributed by atoms with Gasteiger partial charge in [-0.3, -0.25) is 9.59 Å². The first-order valence-electron chi connectivity index (χ1n) is 8.12. The van der Waals surface area contributed by atoms with Gasteiger partial charge >= 0.3 is 0 Å². The molecule has 0 aliphatic rings. The van der Waals surface area contributed by atoms with E-state index in [0.717, 1.165) is 4.47 Å². The first-order valence-corrected chi connectivity index (χ1v) is 9.29. The second-order valence-corrected chi connectivity index (χ2v) is 6.86. The highest BCUT2D eigenvalue weighted by molar-refractivity contribution is 9.10. The van der Waals surface area contributed by atoms with Crippen LogP contribution in [0.2, 0.25) is 5.02 Å². The molecule has 0 radical (unpaired) electrons. The summed E-state index contributed by atoms with van der Waals surface area (Å²) in [6.45, 7) is 0.374. The molecule has 0 heterocycles. The third-order valence-electron chi connectivity index (χ3n) is 3.39. The molecule has 0 aromatic heterocycles. The van der Waals surface area contributed by atoms with Crippen LogP contribution in [0.15, 0.2) is 46.9 Å². The molecule has 27 heavy (non-hydrogen) atoms. The first kappa shape index (κ1) is 20.7. The van der Waals surface area contributed by atoms with Gasteiger partial charge in [-0.05, 0) is 48.9 Å². The Morgan fingerprint density at radius 1 is 1.07 bits per heavy atom. The lowest BCUT2D eigenvalue weighted by molar-refractivity contribution is -0.116. The zero-order chi connectivity index (χ0) is 19.6. The number of nitrogens with one attached hydrogen (secondary N) is 2. The fourth-order valence-electron chi connectivity index (χ4n) is 2.14. The van der Waals surface area contributed by atoms with E-state index in [9.17, 15) is 9.59 Å². The largest absolute Gasteiger partial charge is 0.492 e. The van der Waals surface area contributed by atoms with Gasteiger partial charge < -0.3 is 15.4 Å². The molecule has 0 atom stereocenters. The lowest BCUT2D eigenvalue weighted by Crippen LogP contribution is -2.13. The van der Waals surface area contributed by atoms with E-state index >= 15 is 0 Å². The lowest BCUT2D eigenvalue weighted by atomic mass is 10.2. The predicted molar refractivity (Wildman–Crippen MR) is 108 cm³/mol. The van der Waals surface area contributed by atoms with E-state index < -0.39 is 0 Å². The fourth-order valence-corrected chi connectivity index (χ4v) is 2.87. The number of nitriles is 1. The van der Waals surface area contributed by atoms with Crippen molar-refractivity contribution in [3.63, 3.8) is 0 Å². The summed E-state index contributed by atoms with van der Waals surface area (Å²) < 4.78 is 6.44. The summed E-state index contributed by atoms with van der Waals surface area (Å²) in [6.07, 6.45) is 0.640. The van der Waals surface area contributed by atoms with E-state index in [0.29, 0.717) is 41.6 Å². The minimum atomic E-state index is -0.375. The van der Waals surface area contributed by atoms with Crippen LogP contribution in [0.5, 0.6) is 5.75 Å². The van der Waals surface area contributed by atoms with E-state index in [2.05, 4.69) is 26.6 Å². The molecule has 0 aliphatic heterocycles. The molecule has 8 heteroatoms. The van der Waals surface area contributed by atoms with Gasteiger partial charge in [0.25, 0.3) is 0 Å². The number of hydrogen-bond donors (Lipinski definition) is 2. The van der Waals surface area contributed by atoms with E-state index in [1.807, 2.05) is 6.07 Å². The Kier molecular flexibility index (Phi) is 8.11. The molecule has 0 fully saturated rings. The Labute approximate surface area is 170 Å². The second kappa shape index (κ2) is 10.6. The number of rotatable bonds is 8. The van der Waals surface area contributed by atoms with Crippen LogP contribution in [0.4, 0.5) is 11.4 Å². The van der Waals surface area contributed by atoms with Crippen molar-refractivity contribution in [3.8, 4) is 11.8 Å². The summed E-state index contributed by atoms with van der Waals surface area (Å²) in [4.78, 5) is 23.3. The van der Waals surface area contributed by atoms with Gasteiger partial charge in [0.15, 0.2) is 0 Å². The van der Waals surface area contributed by atoms with Gasteiger partial charge in [0.05, 0.1) is 17.7 Å². The molecule has 0 unspecified atom stereocenters. The Hall–Kier alpha value is -2.56. The standard InChI is InChI=1S/C19H17BrClN3O3/c20-13-3-8-17(16(21)12-13)27-11-1-2-18(25)23-14-4-6-15(7-5-14)24-19(26)9-10-22/h3-8,12H,1-2,9,11H2,(H,23,25)(H,24,26). The van der Waals surface area contributed by atoms with E-state index in [1.165, 1.54) is 0 Å². The zero-order valence-electron chi connectivity index (χ0n) is 14.3. The van der Waals surface area contributed by atoms with Crippen molar-refractivity contribution in [1.29, 1.82) is 5.26 Å². The van der Waals surface area contributed by atoms with Crippen LogP contribution in [0.3, 0.4) is 0 Å². The fraction of sp³-hybridized carbons (Fsp3) is 0.211. The van der Waals surface area contributed by atoms with Gasteiger partial charge in [0, 0.05) is 22.3 Å². The molecule has 2 aromatic rings. The molecule has 0 saturated heterocycles. The normalized spacial score (nSPS) is 9.96. The molecule has 6 nitrogen and oxygen atoms in total. The van der Waals surface area contributed by atoms with E-state index in [4.69, 9.17) is 21.6 Å². The van der Waals surface area contributed by atoms with Crippen molar-refractivity contribution in [2.24, 2.45) is 0 Å². The number of ether oxygens (including phenoxy) is 1. The Morgan fingerprint density at radius 2 is 1.70 bits per heavy atom. The average Bonchev–Trinajstić information content (AvgIpc) is 2.62. The maximum Gasteiger partial charge on any atom is 0.238 e. The third-order valence-corrected chi connectivity index (χ3v) is 4.18. The van der Waals surface area contributed by atoms with Crippen LogP contribution >= 0.6 is 27.5 Å². The molecular weight excluding hydrogens is 434 g/mol. The van der Waals surface area contributed by atoms with Crippen LogP contribution in [0, 0.1) is 11.3 Å². The zero-order valence-corrected chi connectivity index (χ0v) is 16.6. The first-order chi connectivity index (χ1) is 13.0. The van der Waals surface area contributed by atoms with Crippen molar-refractivity contribution >= 4 is 50.7 Å². The van der Waals surface area contributed by atoms with Gasteiger partial charge in [-0.25, -0.2) is 0 Å². The molecule has 2 aromatic carbocycles. The monoisotopic (exact) mass is 449 g/mol. The van der Waals surface area contributed by atoms with Crippen LogP contribution in [0.25, 0.3) is 0 Å². The molecule has 0 aliphatic carbocycles. The lowest BCUT2D eigenvalue weighted by Gasteiger charge is -2.09. The third kappa shape index (κ3) is 7.29. The van der Waals surface area contributed by atoms with Crippen LogP contribution in [-0.4, -0.2) is 18.4 Å². The van der Waals surface area contributed by atoms with Gasteiger partial charge in [0.1, 0.15) is 12.2 Å². The van der Waals surface area contributed by atoms with Gasteiger partial charge in [-0.15, -0.1) is 0 Å². The molecule has 2 amide bonds. The number of nitrogens with zero attached hydrogens (tertiary/aromatic N) is 1. The number of benzene rings is 2. The smallest absolute Gasteiger partial charge is 0.238 e. The topological polar surface area (TPSA) is 91.2 Å². The number of carbonyl (C=O) groups excluding carboxylic acids is 2. The van der Waals surface area contributed by atoms with Crippen molar-refractivity contribution in [3.05, 3.63) is 52.0 Å². The summed E-state index contributed by atoms with van der Waals surface area (Å²) in [5.74, 6) is 0.0660. The van der Waals surface area contributed by atoms with Crippen molar-refractivity contribution in [1.82, 2.24) is 0 Å². The van der Waals surface area contributed by atoms with Crippen LogP contribution < -0.4 is 15.4 Å². The van der Waals surface area contributed by atoms with Crippen LogP contribution in [-0.2, 0) is 9.59 Å². The van der Waals surface area contributed by atoms with Crippen molar-refractivity contribution in [2.45, 2.75) is 19.3 Å². The minimum absolute atomic E-state index is 0.137. The quantitative estimate of drug-likeness (QED) is 0.568. The van der Waals surface area contributed by atoms with Crippen LogP contribution in [0.1, 0.15) is 19.3 Å². The average molecular weight is 451 g/mol. The van der Waals surface area contributed by atoms with Crippen molar-refractivity contribution < 1.29 is 14.3 Å². The summed E-state index contributed by atoms with van der Waals surface area (Å²) in [5.41, 5.74) is 1.18. The molecule has 0 spiro atoms. The van der Waals surface area contributed by atoms with E-state index in [-0.39, 0.29) is 18.2 Å². The molecule has 0 saturated carbocycles.